The van der Waals surface area contributed by atoms with Crippen molar-refractivity contribution < 1.29 is 31.2 Å². The van der Waals surface area contributed by atoms with E-state index >= 15 is 0 Å². The van der Waals surface area contributed by atoms with Gasteiger partial charge < -0.3 is 15.1 Å². The van der Waals surface area contributed by atoms with Crippen LogP contribution in [0.2, 0.25) is 5.02 Å². The molecule has 3 saturated heterocycles. The van der Waals surface area contributed by atoms with E-state index in [0.29, 0.717) is 18.9 Å². The van der Waals surface area contributed by atoms with Crippen molar-refractivity contribution in [2.24, 2.45) is 5.41 Å². The van der Waals surface area contributed by atoms with E-state index in [0.717, 1.165) is 49.6 Å². The number of alkyl halides is 3. The van der Waals surface area contributed by atoms with Crippen LogP contribution in [0.4, 0.5) is 18.9 Å². The van der Waals surface area contributed by atoms with Crippen LogP contribution in [0.25, 0.3) is 0 Å². The van der Waals surface area contributed by atoms with Crippen LogP contribution in [0, 0.1) is 16.7 Å². The maximum Gasteiger partial charge on any atom is 0.403 e. The number of halogens is 4. The average Bonchev–Trinajstić information content (AvgIpc) is 3.80. The Balaban J connectivity index is 1.25. The largest absolute Gasteiger partial charge is 0.403 e. The molecule has 0 bridgehead atoms. The number of nitrogens with zero attached hydrogens (tertiary/aromatic N) is 4. The number of sulfone groups is 1. The van der Waals surface area contributed by atoms with Gasteiger partial charge in [-0.15, -0.1) is 0 Å². The molecule has 1 aromatic carbocycles. The molecule has 2 amide bonds. The molecule has 2 saturated carbocycles. The average molecular weight is 614 g/mol. The summed E-state index contributed by atoms with van der Waals surface area (Å²) in [4.78, 5) is 31.6. The molecular weight excluding hydrogens is 583 g/mol. The van der Waals surface area contributed by atoms with E-state index in [-0.39, 0.29) is 9.92 Å². The van der Waals surface area contributed by atoms with Crippen LogP contribution in [-0.2, 0) is 19.4 Å². The number of likely N-dealkylation sites (tertiary alicyclic amines) is 1. The quantitative estimate of drug-likeness (QED) is 0.525. The van der Waals surface area contributed by atoms with Crippen molar-refractivity contribution in [3.63, 3.8) is 0 Å². The second-order valence-electron chi connectivity index (χ2n) is 12.0. The van der Waals surface area contributed by atoms with Crippen molar-refractivity contribution in [2.75, 3.05) is 37.6 Å². The first-order chi connectivity index (χ1) is 19.3. The van der Waals surface area contributed by atoms with E-state index in [1.54, 1.807) is 12.1 Å². The van der Waals surface area contributed by atoms with Gasteiger partial charge >= 0.3 is 6.18 Å². The molecule has 2 aliphatic carbocycles. The molecule has 3 aliphatic heterocycles. The third-order valence-electron chi connectivity index (χ3n) is 9.47. The van der Waals surface area contributed by atoms with Gasteiger partial charge in [-0.2, -0.15) is 18.4 Å². The fourth-order valence-corrected chi connectivity index (χ4v) is 8.78. The zero-order valence-corrected chi connectivity index (χ0v) is 23.9. The monoisotopic (exact) mass is 613 g/mol. The van der Waals surface area contributed by atoms with E-state index in [4.69, 9.17) is 11.6 Å². The molecule has 6 rings (SSSR count). The maximum atomic E-state index is 13.8. The van der Waals surface area contributed by atoms with Crippen LogP contribution in [0.5, 0.6) is 0 Å². The summed E-state index contributed by atoms with van der Waals surface area (Å²) < 4.78 is 69.1. The molecule has 1 N–H and O–H groups in total. The third-order valence-corrected chi connectivity index (χ3v) is 12.1. The Kier molecular flexibility index (Phi) is 6.78. The highest BCUT2D eigenvalue weighted by molar-refractivity contribution is 7.92. The van der Waals surface area contributed by atoms with Gasteiger partial charge in [0.2, 0.25) is 11.8 Å². The standard InChI is InChI=1S/C27H31ClF3N5O4S/c28-20-12-17(35-11-10-34-9-1-2-18(34)14-35)3-4-22(20)41(39,40)19-13-21(23(37)33-25(16-32)5-6-25)36(15-19)24(38)26(7-8-26)27(29,30)31/h3-4,12,18-19,21H,1-2,5-11,13-15H2,(H,33,37). The summed E-state index contributed by atoms with van der Waals surface area (Å²) in [5, 5.41) is 10.6. The number of benzene rings is 1. The topological polar surface area (TPSA) is 114 Å². The van der Waals surface area contributed by atoms with Gasteiger partial charge in [0.15, 0.2) is 9.84 Å². The second kappa shape index (κ2) is 9.74. The first-order valence-electron chi connectivity index (χ1n) is 13.9. The van der Waals surface area contributed by atoms with Crippen molar-refractivity contribution in [3.05, 3.63) is 23.2 Å². The lowest BCUT2D eigenvalue weighted by atomic mass is 10.0. The number of carbonyl (C=O) groups is 2. The van der Waals surface area contributed by atoms with Crippen LogP contribution in [0.3, 0.4) is 0 Å². The van der Waals surface area contributed by atoms with Gasteiger partial charge in [-0.1, -0.05) is 11.6 Å². The molecule has 3 unspecified atom stereocenters. The zero-order valence-electron chi connectivity index (χ0n) is 22.3. The molecule has 0 radical (unpaired) electrons. The Labute approximate surface area is 241 Å². The Morgan fingerprint density at radius 1 is 1.10 bits per heavy atom. The van der Waals surface area contributed by atoms with E-state index in [2.05, 4.69) is 15.1 Å². The normalized spacial score (nSPS) is 28.6. The molecule has 5 aliphatic rings. The van der Waals surface area contributed by atoms with E-state index in [9.17, 15) is 36.4 Å². The number of rotatable bonds is 6. The number of nitrogens with one attached hydrogen (secondary N) is 1. The highest BCUT2D eigenvalue weighted by atomic mass is 35.5. The van der Waals surface area contributed by atoms with Crippen molar-refractivity contribution >= 4 is 38.9 Å². The van der Waals surface area contributed by atoms with Crippen LogP contribution in [0.15, 0.2) is 23.1 Å². The van der Waals surface area contributed by atoms with Gasteiger partial charge in [0, 0.05) is 37.9 Å². The molecule has 222 valence electrons. The number of amides is 2. The molecule has 41 heavy (non-hydrogen) atoms. The molecule has 0 aromatic heterocycles. The lowest BCUT2D eigenvalue weighted by molar-refractivity contribution is -0.199. The number of hydrogen-bond acceptors (Lipinski definition) is 7. The Hall–Kier alpha value is -2.56. The summed E-state index contributed by atoms with van der Waals surface area (Å²) in [7, 11) is -4.24. The van der Waals surface area contributed by atoms with Crippen molar-refractivity contribution in [1.82, 2.24) is 15.1 Å². The Morgan fingerprint density at radius 2 is 1.83 bits per heavy atom. The molecule has 1 aromatic rings. The first kappa shape index (κ1) is 28.6. The van der Waals surface area contributed by atoms with Crippen LogP contribution >= 0.6 is 11.6 Å². The van der Waals surface area contributed by atoms with Gasteiger partial charge in [0.1, 0.15) is 17.0 Å². The van der Waals surface area contributed by atoms with E-state index in [1.165, 1.54) is 6.07 Å². The van der Waals surface area contributed by atoms with Crippen molar-refractivity contribution in [2.45, 2.75) is 78.9 Å². The van der Waals surface area contributed by atoms with Gasteiger partial charge in [-0.3, -0.25) is 14.5 Å². The minimum absolute atomic E-state index is 0.0162. The predicted molar refractivity (Wildman–Crippen MR) is 143 cm³/mol. The smallest absolute Gasteiger partial charge is 0.369 e. The Morgan fingerprint density at radius 3 is 2.44 bits per heavy atom. The molecule has 3 heterocycles. The second-order valence-corrected chi connectivity index (χ2v) is 14.6. The molecule has 14 heteroatoms. The predicted octanol–water partition coefficient (Wildman–Crippen LogP) is 2.88. The summed E-state index contributed by atoms with van der Waals surface area (Å²) in [6, 6.07) is 5.64. The number of carbonyl (C=O) groups excluding carboxylic acids is 2. The summed E-state index contributed by atoms with van der Waals surface area (Å²) in [6.45, 7) is 3.01. The molecule has 3 atom stereocenters. The summed E-state index contributed by atoms with van der Waals surface area (Å²) in [5.41, 5.74) is -2.96. The number of nitriles is 1. The number of fused-ring (bicyclic) bond motifs is 1. The highest BCUT2D eigenvalue weighted by Gasteiger charge is 2.70. The van der Waals surface area contributed by atoms with Gasteiger partial charge in [0.05, 0.1) is 21.2 Å². The van der Waals surface area contributed by atoms with Crippen molar-refractivity contribution in [3.8, 4) is 6.07 Å². The van der Waals surface area contributed by atoms with Gasteiger partial charge in [-0.25, -0.2) is 8.42 Å². The third kappa shape index (κ3) is 4.85. The summed E-state index contributed by atoms with van der Waals surface area (Å²) in [6.07, 6.45) is -3.04. The fraction of sp³-hybridized carbons (Fsp3) is 0.667. The first-order valence-corrected chi connectivity index (χ1v) is 15.9. The maximum absolute atomic E-state index is 13.8. The van der Waals surface area contributed by atoms with Crippen LogP contribution < -0.4 is 10.2 Å². The molecule has 5 fully saturated rings. The zero-order chi connectivity index (χ0) is 29.4. The fourth-order valence-electron chi connectivity index (χ4n) is 6.55. The number of anilines is 1. The minimum Gasteiger partial charge on any atom is -0.369 e. The molecule has 9 nitrogen and oxygen atoms in total. The van der Waals surface area contributed by atoms with Crippen LogP contribution in [-0.4, -0.2) is 91.8 Å². The lowest BCUT2D eigenvalue weighted by Crippen LogP contribution is -2.53. The number of hydrogen-bond donors (Lipinski definition) is 1. The number of piperazine rings is 1. The molecular formula is C27H31ClF3N5O4S. The van der Waals surface area contributed by atoms with E-state index < -0.39 is 75.9 Å². The SMILES string of the molecule is N#CC1(NC(=O)C2CC(S(=O)(=O)c3ccc(N4CCN5CCCC5C4)cc3Cl)CN2C(=O)C2(C(F)(F)F)CC2)CC1. The van der Waals surface area contributed by atoms with Gasteiger partial charge in [-0.05, 0) is 69.7 Å². The summed E-state index contributed by atoms with van der Waals surface area (Å²) in [5.74, 6) is -2.11. The highest BCUT2D eigenvalue weighted by Crippen LogP contribution is 2.59. The van der Waals surface area contributed by atoms with E-state index in [1.807, 2.05) is 6.07 Å². The lowest BCUT2D eigenvalue weighted by Gasteiger charge is -2.39. The Bertz CT molecular complexity index is 1420. The summed E-state index contributed by atoms with van der Waals surface area (Å²) >= 11 is 6.52. The minimum atomic E-state index is -4.82. The van der Waals surface area contributed by atoms with Crippen molar-refractivity contribution in [1.29, 1.82) is 5.26 Å². The molecule has 0 spiro atoms. The van der Waals surface area contributed by atoms with Gasteiger partial charge in [0.25, 0.3) is 0 Å². The van der Waals surface area contributed by atoms with Crippen LogP contribution in [0.1, 0.15) is 44.9 Å².